The highest BCUT2D eigenvalue weighted by Gasteiger charge is 2.26. The van der Waals surface area contributed by atoms with Crippen LogP contribution < -0.4 is 10.6 Å². The van der Waals surface area contributed by atoms with E-state index in [1.54, 1.807) is 12.1 Å². The van der Waals surface area contributed by atoms with Gasteiger partial charge in [-0.1, -0.05) is 30.3 Å². The van der Waals surface area contributed by atoms with E-state index in [2.05, 4.69) is 20.8 Å². The van der Waals surface area contributed by atoms with Gasteiger partial charge in [-0.3, -0.25) is 14.7 Å². The minimum Gasteiger partial charge on any atom is -0.445 e. The Hall–Kier alpha value is -3.39. The lowest BCUT2D eigenvalue weighted by Crippen LogP contribution is -2.40. The van der Waals surface area contributed by atoms with Crippen molar-refractivity contribution in [3.8, 4) is 0 Å². The highest BCUT2D eigenvalue weighted by molar-refractivity contribution is 7.12. The third kappa shape index (κ3) is 3.79. The Labute approximate surface area is 171 Å². The summed E-state index contributed by atoms with van der Waals surface area (Å²) >= 11 is 1.35. The number of amides is 2. The van der Waals surface area contributed by atoms with E-state index in [1.165, 1.54) is 11.3 Å². The van der Waals surface area contributed by atoms with E-state index in [4.69, 9.17) is 4.42 Å². The van der Waals surface area contributed by atoms with Crippen molar-refractivity contribution >= 4 is 40.1 Å². The lowest BCUT2D eigenvalue weighted by molar-refractivity contribution is 0.0885. The number of anilines is 1. The molecule has 3 heterocycles. The molecule has 0 fully saturated rings. The molecule has 0 spiro atoms. The topological polar surface area (TPSA) is 100 Å². The molecule has 4 rings (SSSR count). The number of carbonyl (C=O) groups excluding carboxylic acids is 2. The Morgan fingerprint density at radius 1 is 1.14 bits per heavy atom. The molecule has 2 amide bonds. The molecule has 29 heavy (non-hydrogen) atoms. The quantitative estimate of drug-likeness (QED) is 0.454. The summed E-state index contributed by atoms with van der Waals surface area (Å²) in [6.45, 7) is 5.77. The van der Waals surface area contributed by atoms with Crippen LogP contribution in [-0.2, 0) is 5.54 Å². The fourth-order valence-corrected chi connectivity index (χ4v) is 3.80. The van der Waals surface area contributed by atoms with Crippen LogP contribution in [0.2, 0.25) is 0 Å². The van der Waals surface area contributed by atoms with Crippen LogP contribution in [0.3, 0.4) is 0 Å². The second-order valence-corrected chi connectivity index (χ2v) is 8.22. The van der Waals surface area contributed by atoms with Crippen molar-refractivity contribution in [3.05, 3.63) is 69.6 Å². The van der Waals surface area contributed by atoms with Gasteiger partial charge in [0.2, 0.25) is 0 Å². The van der Waals surface area contributed by atoms with Crippen LogP contribution in [0.4, 0.5) is 5.82 Å². The molecule has 0 saturated carbocycles. The number of hydrogen-bond acceptors (Lipinski definition) is 5. The molecular weight excluding hydrogens is 388 g/mol. The molecule has 0 radical (unpaired) electrons. The number of benzene rings is 1. The Balaban J connectivity index is 1.54. The maximum atomic E-state index is 12.7. The first-order valence-corrected chi connectivity index (χ1v) is 9.94. The fourth-order valence-electron chi connectivity index (χ4n) is 3.01. The molecule has 0 saturated heterocycles. The molecule has 1 aromatic carbocycles. The zero-order chi connectivity index (χ0) is 20.6. The van der Waals surface area contributed by atoms with Crippen LogP contribution in [0, 0.1) is 6.92 Å². The fraction of sp³-hybridized carbons (Fsp3) is 0.190. The maximum Gasteiger partial charge on any atom is 0.287 e. The number of hydrogen-bond donors (Lipinski definition) is 3. The molecule has 0 aliphatic carbocycles. The van der Waals surface area contributed by atoms with Crippen molar-refractivity contribution in [2.24, 2.45) is 0 Å². The SMILES string of the molecule is Cc1csc(C(=O)Nc2n[nH]c3cc(C(=O)NC(C)(C)c4ccccc4)oc23)c1. The van der Waals surface area contributed by atoms with Crippen molar-refractivity contribution in [2.45, 2.75) is 26.3 Å². The average molecular weight is 408 g/mol. The van der Waals surface area contributed by atoms with E-state index in [0.717, 1.165) is 11.1 Å². The van der Waals surface area contributed by atoms with Gasteiger partial charge in [0, 0.05) is 6.07 Å². The number of aromatic amines is 1. The smallest absolute Gasteiger partial charge is 0.287 e. The summed E-state index contributed by atoms with van der Waals surface area (Å²) in [4.78, 5) is 25.7. The molecule has 0 atom stereocenters. The minimum absolute atomic E-state index is 0.139. The average Bonchev–Trinajstić information content (AvgIpc) is 3.39. The van der Waals surface area contributed by atoms with Gasteiger partial charge in [0.15, 0.2) is 17.2 Å². The summed E-state index contributed by atoms with van der Waals surface area (Å²) in [5.74, 6) is -0.240. The van der Waals surface area contributed by atoms with Gasteiger partial charge in [0.05, 0.1) is 10.4 Å². The number of furan rings is 1. The van der Waals surface area contributed by atoms with Gasteiger partial charge >= 0.3 is 0 Å². The number of aryl methyl sites for hydroxylation is 1. The first-order valence-electron chi connectivity index (χ1n) is 9.06. The summed E-state index contributed by atoms with van der Waals surface area (Å²) in [6, 6.07) is 13.1. The summed E-state index contributed by atoms with van der Waals surface area (Å²) < 4.78 is 5.71. The molecule has 0 aliphatic rings. The van der Waals surface area contributed by atoms with E-state index in [-0.39, 0.29) is 23.4 Å². The number of thiophene rings is 1. The highest BCUT2D eigenvalue weighted by atomic mass is 32.1. The van der Waals surface area contributed by atoms with E-state index in [9.17, 15) is 9.59 Å². The van der Waals surface area contributed by atoms with Crippen molar-refractivity contribution in [1.82, 2.24) is 15.5 Å². The lowest BCUT2D eigenvalue weighted by Gasteiger charge is -2.26. The third-order valence-electron chi connectivity index (χ3n) is 4.57. The van der Waals surface area contributed by atoms with Gasteiger partial charge in [-0.05, 0) is 43.3 Å². The molecule has 0 aliphatic heterocycles. The van der Waals surface area contributed by atoms with E-state index < -0.39 is 5.54 Å². The summed E-state index contributed by atoms with van der Waals surface area (Å²) in [5.41, 5.74) is 2.28. The Morgan fingerprint density at radius 3 is 2.59 bits per heavy atom. The zero-order valence-corrected chi connectivity index (χ0v) is 17.0. The van der Waals surface area contributed by atoms with Gasteiger partial charge in [0.1, 0.15) is 5.52 Å². The van der Waals surface area contributed by atoms with Crippen molar-refractivity contribution < 1.29 is 14.0 Å². The maximum absolute atomic E-state index is 12.7. The molecule has 4 aromatic rings. The van der Waals surface area contributed by atoms with Gasteiger partial charge in [0.25, 0.3) is 11.8 Å². The number of nitrogens with one attached hydrogen (secondary N) is 3. The number of nitrogens with zero attached hydrogens (tertiary/aromatic N) is 1. The number of rotatable bonds is 5. The minimum atomic E-state index is -0.578. The number of fused-ring (bicyclic) bond motifs is 1. The first-order chi connectivity index (χ1) is 13.8. The second-order valence-electron chi connectivity index (χ2n) is 7.31. The predicted octanol–water partition coefficient (Wildman–Crippen LogP) is 4.44. The normalized spacial score (nSPS) is 11.6. The van der Waals surface area contributed by atoms with Gasteiger partial charge in [-0.2, -0.15) is 5.10 Å². The van der Waals surface area contributed by atoms with E-state index in [1.807, 2.05) is 56.5 Å². The van der Waals surface area contributed by atoms with Crippen molar-refractivity contribution in [2.75, 3.05) is 5.32 Å². The van der Waals surface area contributed by atoms with Crippen LogP contribution in [0.1, 0.15) is 45.2 Å². The Morgan fingerprint density at radius 2 is 1.90 bits per heavy atom. The molecule has 8 heteroatoms. The second kappa shape index (κ2) is 7.21. The summed E-state index contributed by atoms with van der Waals surface area (Å²) in [6.07, 6.45) is 0. The molecule has 7 nitrogen and oxygen atoms in total. The highest BCUT2D eigenvalue weighted by Crippen LogP contribution is 2.27. The van der Waals surface area contributed by atoms with Crippen LogP contribution in [0.5, 0.6) is 0 Å². The summed E-state index contributed by atoms with van der Waals surface area (Å²) in [7, 11) is 0. The molecule has 0 bridgehead atoms. The predicted molar refractivity (Wildman–Crippen MR) is 112 cm³/mol. The van der Waals surface area contributed by atoms with Crippen LogP contribution >= 0.6 is 11.3 Å². The number of H-pyrrole nitrogens is 1. The van der Waals surface area contributed by atoms with E-state index >= 15 is 0 Å². The zero-order valence-electron chi connectivity index (χ0n) is 16.2. The number of carbonyl (C=O) groups is 2. The van der Waals surface area contributed by atoms with Gasteiger partial charge in [-0.25, -0.2) is 0 Å². The molecule has 0 unspecified atom stereocenters. The number of aromatic nitrogens is 2. The van der Waals surface area contributed by atoms with Crippen LogP contribution in [-0.4, -0.2) is 22.0 Å². The van der Waals surface area contributed by atoms with Crippen LogP contribution in [0.15, 0.2) is 52.3 Å². The Bertz CT molecular complexity index is 1190. The summed E-state index contributed by atoms with van der Waals surface area (Å²) in [5, 5.41) is 14.5. The first kappa shape index (κ1) is 18.9. The van der Waals surface area contributed by atoms with Gasteiger partial charge < -0.3 is 15.1 Å². The largest absolute Gasteiger partial charge is 0.445 e. The van der Waals surface area contributed by atoms with Gasteiger partial charge in [-0.15, -0.1) is 11.3 Å². The molecule has 3 N–H and O–H groups in total. The third-order valence-corrected chi connectivity index (χ3v) is 5.61. The monoisotopic (exact) mass is 408 g/mol. The van der Waals surface area contributed by atoms with Crippen molar-refractivity contribution in [3.63, 3.8) is 0 Å². The molecular formula is C21H20N4O3S. The lowest BCUT2D eigenvalue weighted by atomic mass is 9.94. The standard InChI is InChI=1S/C21H20N4O3S/c1-12-9-16(29-11-12)20(27)22-18-17-14(24-25-18)10-15(28-17)19(26)23-21(2,3)13-7-5-4-6-8-13/h4-11H,1-3H3,(H,23,26)(H2,22,24,25,27). The van der Waals surface area contributed by atoms with E-state index in [0.29, 0.717) is 16.0 Å². The Kier molecular flexibility index (Phi) is 4.71. The molecule has 3 aromatic heterocycles. The van der Waals surface area contributed by atoms with Crippen LogP contribution in [0.25, 0.3) is 11.1 Å². The molecule has 148 valence electrons. The van der Waals surface area contributed by atoms with Crippen molar-refractivity contribution in [1.29, 1.82) is 0 Å².